The van der Waals surface area contributed by atoms with Crippen molar-refractivity contribution < 1.29 is 9.53 Å². The zero-order valence-corrected chi connectivity index (χ0v) is 8.82. The fourth-order valence-corrected chi connectivity index (χ4v) is 1.34. The first kappa shape index (κ1) is 11.2. The Morgan fingerprint density at radius 2 is 2.13 bits per heavy atom. The number of ether oxygens (including phenoxy) is 1. The highest BCUT2D eigenvalue weighted by atomic mass is 16.5. The quantitative estimate of drug-likeness (QED) is 0.554. The summed E-state index contributed by atoms with van der Waals surface area (Å²) in [6.07, 6.45) is 2.26. The number of hydrogen-bond acceptors (Lipinski definition) is 2. The molecule has 0 aliphatic rings. The van der Waals surface area contributed by atoms with E-state index in [0.717, 1.165) is 11.1 Å². The van der Waals surface area contributed by atoms with Crippen molar-refractivity contribution in [2.75, 3.05) is 7.11 Å². The molecule has 2 heteroatoms. The number of methoxy groups -OCH3 is 1. The van der Waals surface area contributed by atoms with E-state index in [2.05, 4.69) is 17.9 Å². The topological polar surface area (TPSA) is 26.3 Å². The van der Waals surface area contributed by atoms with E-state index in [9.17, 15) is 4.79 Å². The van der Waals surface area contributed by atoms with Gasteiger partial charge < -0.3 is 4.74 Å². The van der Waals surface area contributed by atoms with Crippen molar-refractivity contribution in [3.8, 4) is 0 Å². The molecular weight excluding hydrogens is 188 g/mol. The highest BCUT2D eigenvalue weighted by molar-refractivity contribution is 5.88. The molecule has 0 aromatic heterocycles. The van der Waals surface area contributed by atoms with Crippen LogP contribution in [0.1, 0.15) is 11.1 Å². The lowest BCUT2D eigenvalue weighted by molar-refractivity contribution is -0.136. The fourth-order valence-electron chi connectivity index (χ4n) is 1.34. The minimum absolute atomic E-state index is 0.367. The van der Waals surface area contributed by atoms with Crippen molar-refractivity contribution in [3.63, 3.8) is 0 Å². The number of hydrogen-bond donors (Lipinski definition) is 0. The molecule has 0 N–H and O–H groups in total. The Hall–Kier alpha value is -1.83. The summed E-state index contributed by atoms with van der Waals surface area (Å²) in [5.74, 6) is -0.367. The molecule has 0 aliphatic carbocycles. The van der Waals surface area contributed by atoms with Gasteiger partial charge in [0.15, 0.2) is 0 Å². The predicted molar refractivity (Wildman–Crippen MR) is 61.4 cm³/mol. The van der Waals surface area contributed by atoms with Gasteiger partial charge in [-0.05, 0) is 11.1 Å². The van der Waals surface area contributed by atoms with E-state index in [-0.39, 0.29) is 5.97 Å². The zero-order chi connectivity index (χ0) is 11.3. The first-order chi connectivity index (χ1) is 7.19. The second kappa shape index (κ2) is 5.15. The third kappa shape index (κ3) is 2.81. The van der Waals surface area contributed by atoms with Crippen LogP contribution in [0.25, 0.3) is 6.08 Å². The Bertz CT molecular complexity index is 391. The van der Waals surface area contributed by atoms with Crippen LogP contribution < -0.4 is 0 Å². The van der Waals surface area contributed by atoms with Gasteiger partial charge >= 0.3 is 5.97 Å². The van der Waals surface area contributed by atoms with Crippen molar-refractivity contribution in [3.05, 3.63) is 54.1 Å². The molecule has 0 saturated carbocycles. The van der Waals surface area contributed by atoms with Gasteiger partial charge in [-0.1, -0.05) is 43.5 Å². The van der Waals surface area contributed by atoms with Crippen LogP contribution in [0, 0.1) is 0 Å². The van der Waals surface area contributed by atoms with Crippen LogP contribution in [0.2, 0.25) is 0 Å². The Morgan fingerprint density at radius 3 is 2.73 bits per heavy atom. The molecule has 15 heavy (non-hydrogen) atoms. The fraction of sp³-hybridized carbons (Fsp3) is 0.154. The Balaban J connectivity index is 2.85. The van der Waals surface area contributed by atoms with Crippen LogP contribution in [0.5, 0.6) is 0 Å². The standard InChI is InChI=1S/C13H14O2/c1-4-11-7-5-6-8-12(11)9-10(2)13(14)15-3/h4-8H,1-2,9H2,3H3. The van der Waals surface area contributed by atoms with E-state index in [1.54, 1.807) is 6.08 Å². The lowest BCUT2D eigenvalue weighted by Crippen LogP contribution is -2.06. The van der Waals surface area contributed by atoms with Crippen LogP contribution in [0.3, 0.4) is 0 Å². The van der Waals surface area contributed by atoms with Crippen LogP contribution >= 0.6 is 0 Å². The molecule has 1 rings (SSSR count). The molecule has 0 heterocycles. The molecular formula is C13H14O2. The summed E-state index contributed by atoms with van der Waals surface area (Å²) >= 11 is 0. The highest BCUT2D eigenvalue weighted by Crippen LogP contribution is 2.14. The molecule has 1 aromatic carbocycles. The van der Waals surface area contributed by atoms with Gasteiger partial charge in [-0.2, -0.15) is 0 Å². The van der Waals surface area contributed by atoms with Gasteiger partial charge in [0, 0.05) is 12.0 Å². The smallest absolute Gasteiger partial charge is 0.333 e. The SMILES string of the molecule is C=Cc1ccccc1CC(=C)C(=O)OC. The summed E-state index contributed by atoms with van der Waals surface area (Å²) < 4.78 is 4.59. The summed E-state index contributed by atoms with van der Waals surface area (Å²) in [4.78, 5) is 11.2. The van der Waals surface area contributed by atoms with Gasteiger partial charge in [-0.3, -0.25) is 0 Å². The monoisotopic (exact) mass is 202 g/mol. The van der Waals surface area contributed by atoms with Gasteiger partial charge in [-0.15, -0.1) is 0 Å². The largest absolute Gasteiger partial charge is 0.466 e. The number of carbonyl (C=O) groups excluding carboxylic acids is 1. The van der Waals surface area contributed by atoms with Crippen LogP contribution in [0.4, 0.5) is 0 Å². The van der Waals surface area contributed by atoms with Crippen molar-refractivity contribution in [1.29, 1.82) is 0 Å². The molecule has 0 spiro atoms. The molecule has 0 fully saturated rings. The van der Waals surface area contributed by atoms with Gasteiger partial charge in [0.25, 0.3) is 0 Å². The first-order valence-electron chi connectivity index (χ1n) is 4.65. The molecule has 0 aliphatic heterocycles. The average molecular weight is 202 g/mol. The average Bonchev–Trinajstić information content (AvgIpc) is 2.28. The summed E-state index contributed by atoms with van der Waals surface area (Å²) in [5.41, 5.74) is 2.50. The third-order valence-corrected chi connectivity index (χ3v) is 2.15. The number of esters is 1. The predicted octanol–water partition coefficient (Wildman–Crippen LogP) is 2.60. The lowest BCUT2D eigenvalue weighted by atomic mass is 10.0. The molecule has 0 atom stereocenters. The molecule has 1 aromatic rings. The molecule has 2 nitrogen and oxygen atoms in total. The second-order valence-electron chi connectivity index (χ2n) is 3.17. The van der Waals surface area contributed by atoms with E-state index in [1.165, 1.54) is 7.11 Å². The van der Waals surface area contributed by atoms with E-state index in [0.29, 0.717) is 12.0 Å². The van der Waals surface area contributed by atoms with E-state index < -0.39 is 0 Å². The zero-order valence-electron chi connectivity index (χ0n) is 8.82. The molecule has 0 unspecified atom stereocenters. The van der Waals surface area contributed by atoms with Crippen LogP contribution in [-0.2, 0) is 16.0 Å². The van der Waals surface area contributed by atoms with Gasteiger partial charge in [0.2, 0.25) is 0 Å². The third-order valence-electron chi connectivity index (χ3n) is 2.15. The van der Waals surface area contributed by atoms with Crippen LogP contribution in [-0.4, -0.2) is 13.1 Å². The first-order valence-corrected chi connectivity index (χ1v) is 4.65. The second-order valence-corrected chi connectivity index (χ2v) is 3.17. The van der Waals surface area contributed by atoms with Gasteiger partial charge in [0.05, 0.1) is 7.11 Å². The number of carbonyl (C=O) groups is 1. The summed E-state index contributed by atoms with van der Waals surface area (Å²) in [5, 5.41) is 0. The maximum absolute atomic E-state index is 11.2. The van der Waals surface area contributed by atoms with Crippen molar-refractivity contribution in [2.45, 2.75) is 6.42 Å². The summed E-state index contributed by atoms with van der Waals surface area (Å²) in [7, 11) is 1.35. The maximum Gasteiger partial charge on any atom is 0.333 e. The van der Waals surface area contributed by atoms with E-state index >= 15 is 0 Å². The summed E-state index contributed by atoms with van der Waals surface area (Å²) in [6.45, 7) is 7.41. The minimum Gasteiger partial charge on any atom is -0.466 e. The number of benzene rings is 1. The van der Waals surface area contributed by atoms with E-state index in [1.807, 2.05) is 24.3 Å². The van der Waals surface area contributed by atoms with Crippen molar-refractivity contribution in [1.82, 2.24) is 0 Å². The molecule has 0 radical (unpaired) electrons. The Kier molecular flexibility index (Phi) is 3.86. The van der Waals surface area contributed by atoms with Gasteiger partial charge in [-0.25, -0.2) is 4.79 Å². The van der Waals surface area contributed by atoms with Crippen LogP contribution in [0.15, 0.2) is 43.0 Å². The van der Waals surface area contributed by atoms with Gasteiger partial charge in [0.1, 0.15) is 0 Å². The summed E-state index contributed by atoms with van der Waals surface area (Å²) in [6, 6.07) is 7.76. The van der Waals surface area contributed by atoms with E-state index in [4.69, 9.17) is 0 Å². The molecule has 0 bridgehead atoms. The molecule has 0 amide bonds. The number of rotatable bonds is 4. The minimum atomic E-state index is -0.367. The van der Waals surface area contributed by atoms with Crippen molar-refractivity contribution >= 4 is 12.0 Å². The highest BCUT2D eigenvalue weighted by Gasteiger charge is 2.08. The van der Waals surface area contributed by atoms with Crippen molar-refractivity contribution in [2.24, 2.45) is 0 Å². The normalized spacial score (nSPS) is 9.40. The molecule has 78 valence electrons. The maximum atomic E-state index is 11.2. The molecule has 0 saturated heterocycles. The Morgan fingerprint density at radius 1 is 1.47 bits per heavy atom. The lowest BCUT2D eigenvalue weighted by Gasteiger charge is -2.06. The Labute approximate surface area is 89.9 Å².